The summed E-state index contributed by atoms with van der Waals surface area (Å²) in [4.78, 5) is 24.2. The summed E-state index contributed by atoms with van der Waals surface area (Å²) in [6.07, 6.45) is 0.158. The second-order valence-corrected chi connectivity index (χ2v) is 6.82. The molecular weight excluding hydrogens is 383 g/mol. The van der Waals surface area contributed by atoms with Crippen LogP contribution in [-0.4, -0.2) is 62.0 Å². The molecule has 1 aromatic rings. The highest BCUT2D eigenvalue weighted by Gasteiger charge is 2.34. The number of hydrogen-bond acceptors (Lipinski definition) is 5. The van der Waals surface area contributed by atoms with Crippen LogP contribution in [0.15, 0.2) is 12.1 Å². The molecule has 26 heavy (non-hydrogen) atoms. The molecule has 7 nitrogen and oxygen atoms in total. The first kappa shape index (κ1) is 20.6. The Kier molecular flexibility index (Phi) is 7.37. The number of rotatable bonds is 6. The molecule has 0 spiro atoms. The zero-order valence-electron chi connectivity index (χ0n) is 14.6. The molecule has 9 heteroatoms. The van der Waals surface area contributed by atoms with Crippen molar-refractivity contribution in [3.63, 3.8) is 0 Å². The number of benzene rings is 1. The van der Waals surface area contributed by atoms with Crippen LogP contribution < -0.4 is 10.1 Å². The van der Waals surface area contributed by atoms with Crippen molar-refractivity contribution >= 4 is 35.3 Å². The number of ether oxygens (including phenoxy) is 2. The van der Waals surface area contributed by atoms with Crippen molar-refractivity contribution in [3.05, 3.63) is 27.7 Å². The first-order chi connectivity index (χ1) is 12.4. The molecule has 1 heterocycles. The fraction of sp³-hybridized carbons (Fsp3) is 0.529. The van der Waals surface area contributed by atoms with E-state index in [0.717, 1.165) is 5.56 Å². The quantitative estimate of drug-likeness (QED) is 0.708. The number of carbonyl (C=O) groups is 2. The van der Waals surface area contributed by atoms with Crippen LogP contribution in [0.4, 0.5) is 4.79 Å². The number of methoxy groups -OCH3 is 2. The lowest BCUT2D eigenvalue weighted by atomic mass is 9.84. The fourth-order valence-corrected chi connectivity index (χ4v) is 3.75. The van der Waals surface area contributed by atoms with E-state index in [2.05, 4.69) is 10.1 Å². The minimum absolute atomic E-state index is 0.00308. The summed E-state index contributed by atoms with van der Waals surface area (Å²) in [5.41, 5.74) is 0.796. The molecule has 0 saturated carbocycles. The molecule has 0 aromatic heterocycles. The SMILES string of the molecule is COC(=O)CNC[C@@H]1C[C@H](c2c(OC)ccc(Cl)c2Cl)CCN1C(=O)O. The number of hydrogen-bond donors (Lipinski definition) is 2. The minimum atomic E-state index is -0.988. The molecular formula is C17H22Cl2N2O5. The van der Waals surface area contributed by atoms with Crippen molar-refractivity contribution in [1.29, 1.82) is 0 Å². The van der Waals surface area contributed by atoms with Crippen LogP contribution >= 0.6 is 23.2 Å². The third-order valence-corrected chi connectivity index (χ3v) is 5.38. The molecule has 0 unspecified atom stereocenters. The molecule has 2 atom stereocenters. The third-order valence-electron chi connectivity index (χ3n) is 4.56. The minimum Gasteiger partial charge on any atom is -0.496 e. The van der Waals surface area contributed by atoms with Crippen molar-refractivity contribution in [3.8, 4) is 5.75 Å². The van der Waals surface area contributed by atoms with Gasteiger partial charge < -0.3 is 24.8 Å². The Morgan fingerprint density at radius 3 is 2.69 bits per heavy atom. The van der Waals surface area contributed by atoms with E-state index in [0.29, 0.717) is 41.7 Å². The fourth-order valence-electron chi connectivity index (χ4n) is 3.28. The number of esters is 1. The molecule has 1 fully saturated rings. The maximum atomic E-state index is 11.5. The van der Waals surface area contributed by atoms with E-state index in [1.165, 1.54) is 12.0 Å². The van der Waals surface area contributed by atoms with Crippen LogP contribution in [0.3, 0.4) is 0 Å². The van der Waals surface area contributed by atoms with Crippen molar-refractivity contribution in [2.75, 3.05) is 33.9 Å². The Morgan fingerprint density at radius 2 is 2.08 bits per heavy atom. The Morgan fingerprint density at radius 1 is 1.35 bits per heavy atom. The molecule has 1 aliphatic heterocycles. The first-order valence-electron chi connectivity index (χ1n) is 8.18. The second kappa shape index (κ2) is 9.30. The maximum absolute atomic E-state index is 11.5. The van der Waals surface area contributed by atoms with E-state index in [4.69, 9.17) is 27.9 Å². The van der Waals surface area contributed by atoms with Crippen LogP contribution in [-0.2, 0) is 9.53 Å². The van der Waals surface area contributed by atoms with Crippen molar-refractivity contribution < 1.29 is 24.2 Å². The van der Waals surface area contributed by atoms with E-state index in [9.17, 15) is 14.7 Å². The van der Waals surface area contributed by atoms with Gasteiger partial charge in [-0.3, -0.25) is 4.79 Å². The zero-order chi connectivity index (χ0) is 19.3. The molecule has 2 rings (SSSR count). The van der Waals surface area contributed by atoms with Gasteiger partial charge in [0.15, 0.2) is 0 Å². The Bertz CT molecular complexity index is 671. The molecule has 1 amide bonds. The predicted octanol–water partition coefficient (Wildman–Crippen LogP) is 2.99. The van der Waals surface area contributed by atoms with E-state index in [-0.39, 0.29) is 18.5 Å². The highest BCUT2D eigenvalue weighted by molar-refractivity contribution is 6.42. The molecule has 2 N–H and O–H groups in total. The van der Waals surface area contributed by atoms with Crippen LogP contribution in [0.2, 0.25) is 10.0 Å². The number of carboxylic acid groups (broad SMARTS) is 1. The van der Waals surface area contributed by atoms with Gasteiger partial charge in [0.2, 0.25) is 0 Å². The van der Waals surface area contributed by atoms with Gasteiger partial charge in [0.05, 0.1) is 30.8 Å². The van der Waals surface area contributed by atoms with Gasteiger partial charge >= 0.3 is 12.1 Å². The van der Waals surface area contributed by atoms with Crippen LogP contribution in [0.5, 0.6) is 5.75 Å². The summed E-state index contributed by atoms with van der Waals surface area (Å²) >= 11 is 12.6. The highest BCUT2D eigenvalue weighted by atomic mass is 35.5. The summed E-state index contributed by atoms with van der Waals surface area (Å²) in [5.74, 6) is 0.227. The third kappa shape index (κ3) is 4.72. The number of nitrogens with zero attached hydrogens (tertiary/aromatic N) is 1. The largest absolute Gasteiger partial charge is 0.496 e. The summed E-state index contributed by atoms with van der Waals surface area (Å²) in [7, 11) is 2.86. The number of carbonyl (C=O) groups excluding carboxylic acids is 1. The van der Waals surface area contributed by atoms with E-state index >= 15 is 0 Å². The number of piperidine rings is 1. The first-order valence-corrected chi connectivity index (χ1v) is 8.93. The smallest absolute Gasteiger partial charge is 0.407 e. The monoisotopic (exact) mass is 404 g/mol. The summed E-state index contributed by atoms with van der Waals surface area (Å²) in [6, 6.07) is 3.13. The average Bonchev–Trinajstić information content (AvgIpc) is 2.63. The topological polar surface area (TPSA) is 88.1 Å². The number of nitrogens with one attached hydrogen (secondary N) is 1. The Labute approximate surface area is 162 Å². The average molecular weight is 405 g/mol. The molecule has 1 saturated heterocycles. The van der Waals surface area contributed by atoms with Crippen LogP contribution in [0, 0.1) is 0 Å². The summed E-state index contributed by atoms with van der Waals surface area (Å²) in [5, 5.41) is 13.3. The van der Waals surface area contributed by atoms with Gasteiger partial charge in [0, 0.05) is 24.7 Å². The molecule has 144 valence electrons. The van der Waals surface area contributed by atoms with E-state index in [1.807, 2.05) is 0 Å². The van der Waals surface area contributed by atoms with Gasteiger partial charge in [-0.25, -0.2) is 4.79 Å². The molecule has 1 aromatic carbocycles. The molecule has 0 radical (unpaired) electrons. The van der Waals surface area contributed by atoms with Crippen molar-refractivity contribution in [2.45, 2.75) is 24.8 Å². The van der Waals surface area contributed by atoms with Gasteiger partial charge in [0.25, 0.3) is 0 Å². The number of amides is 1. The van der Waals surface area contributed by atoms with Gasteiger partial charge in [-0.2, -0.15) is 0 Å². The Hall–Kier alpha value is -1.70. The van der Waals surface area contributed by atoms with Gasteiger partial charge in [-0.05, 0) is 30.9 Å². The standard InChI is InChI=1S/C17H22Cl2N2O5/c1-25-13-4-3-12(18)16(19)15(13)10-5-6-21(17(23)24)11(7-10)8-20-9-14(22)26-2/h3-4,10-11,20H,5-9H2,1-2H3,(H,23,24)/t10-,11+/m1/s1. The van der Waals surface area contributed by atoms with Crippen LogP contribution in [0.1, 0.15) is 24.3 Å². The number of likely N-dealkylation sites (tertiary alicyclic amines) is 1. The highest BCUT2D eigenvalue weighted by Crippen LogP contribution is 2.43. The predicted molar refractivity (Wildman–Crippen MR) is 98.4 cm³/mol. The summed E-state index contributed by atoms with van der Waals surface area (Å²) < 4.78 is 10.0. The lowest BCUT2D eigenvalue weighted by molar-refractivity contribution is -0.139. The van der Waals surface area contributed by atoms with E-state index in [1.54, 1.807) is 19.2 Å². The van der Waals surface area contributed by atoms with Gasteiger partial charge in [-0.1, -0.05) is 23.2 Å². The normalized spacial score (nSPS) is 19.9. The Balaban J connectivity index is 2.19. The van der Waals surface area contributed by atoms with Gasteiger partial charge in [0.1, 0.15) is 5.75 Å². The van der Waals surface area contributed by atoms with E-state index < -0.39 is 12.1 Å². The lowest BCUT2D eigenvalue weighted by Crippen LogP contribution is -2.50. The van der Waals surface area contributed by atoms with Crippen LogP contribution in [0.25, 0.3) is 0 Å². The molecule has 1 aliphatic rings. The summed E-state index contributed by atoms with van der Waals surface area (Å²) in [6.45, 7) is 0.710. The lowest BCUT2D eigenvalue weighted by Gasteiger charge is -2.38. The second-order valence-electron chi connectivity index (χ2n) is 6.04. The van der Waals surface area contributed by atoms with Crippen molar-refractivity contribution in [1.82, 2.24) is 10.2 Å². The molecule has 0 aliphatic carbocycles. The zero-order valence-corrected chi connectivity index (χ0v) is 16.1. The van der Waals surface area contributed by atoms with Crippen molar-refractivity contribution in [2.24, 2.45) is 0 Å². The molecule has 0 bridgehead atoms. The maximum Gasteiger partial charge on any atom is 0.407 e. The van der Waals surface area contributed by atoms with Gasteiger partial charge in [-0.15, -0.1) is 0 Å². The number of halogens is 2.